The first-order chi connectivity index (χ1) is 9.94. The number of hydrazine groups is 1. The number of hydrogen-bond donors (Lipinski definition) is 2. The average molecular weight is 305 g/mol. The SMILES string of the molecule is CCN(CC1CCCO1)c1cc(NN)nc(C(F)(F)F)n1. The van der Waals surface area contributed by atoms with Gasteiger partial charge >= 0.3 is 6.18 Å². The van der Waals surface area contributed by atoms with E-state index in [2.05, 4.69) is 15.4 Å². The summed E-state index contributed by atoms with van der Waals surface area (Å²) < 4.78 is 44.0. The van der Waals surface area contributed by atoms with Crippen molar-refractivity contribution in [3.8, 4) is 0 Å². The van der Waals surface area contributed by atoms with Gasteiger partial charge in [0.1, 0.15) is 11.6 Å². The van der Waals surface area contributed by atoms with Crippen molar-refractivity contribution in [3.63, 3.8) is 0 Å². The second kappa shape index (κ2) is 6.44. The molecule has 0 amide bonds. The van der Waals surface area contributed by atoms with Crippen LogP contribution in [0.5, 0.6) is 0 Å². The molecule has 0 aromatic carbocycles. The van der Waals surface area contributed by atoms with Gasteiger partial charge in [0.2, 0.25) is 5.82 Å². The molecule has 1 fully saturated rings. The smallest absolute Gasteiger partial charge is 0.376 e. The molecule has 0 radical (unpaired) electrons. The molecule has 1 aliphatic rings. The summed E-state index contributed by atoms with van der Waals surface area (Å²) in [6.45, 7) is 3.54. The Kier molecular flexibility index (Phi) is 4.84. The fraction of sp³-hybridized carbons (Fsp3) is 0.667. The molecule has 3 N–H and O–H groups in total. The van der Waals surface area contributed by atoms with E-state index >= 15 is 0 Å². The number of likely N-dealkylation sites (N-methyl/N-ethyl adjacent to an activating group) is 1. The number of nitrogen functional groups attached to an aromatic ring is 1. The van der Waals surface area contributed by atoms with Crippen LogP contribution in [-0.4, -0.2) is 35.8 Å². The molecule has 2 heterocycles. The molecule has 2 rings (SSSR count). The lowest BCUT2D eigenvalue weighted by molar-refractivity contribution is -0.144. The fourth-order valence-electron chi connectivity index (χ4n) is 2.22. The van der Waals surface area contributed by atoms with E-state index in [0.717, 1.165) is 12.8 Å². The van der Waals surface area contributed by atoms with Crippen molar-refractivity contribution < 1.29 is 17.9 Å². The van der Waals surface area contributed by atoms with Crippen LogP contribution >= 0.6 is 0 Å². The largest absolute Gasteiger partial charge is 0.451 e. The van der Waals surface area contributed by atoms with Crippen molar-refractivity contribution >= 4 is 11.6 Å². The van der Waals surface area contributed by atoms with E-state index in [1.807, 2.05) is 6.92 Å². The molecular weight excluding hydrogens is 287 g/mol. The first-order valence-corrected chi connectivity index (χ1v) is 6.73. The van der Waals surface area contributed by atoms with Gasteiger partial charge in [-0.1, -0.05) is 0 Å². The maximum Gasteiger partial charge on any atom is 0.451 e. The number of ether oxygens (including phenoxy) is 1. The molecule has 0 aliphatic carbocycles. The Hall–Kier alpha value is -1.61. The Balaban J connectivity index is 2.26. The fourth-order valence-corrected chi connectivity index (χ4v) is 2.22. The van der Waals surface area contributed by atoms with Crippen LogP contribution in [-0.2, 0) is 10.9 Å². The summed E-state index contributed by atoms with van der Waals surface area (Å²) in [6.07, 6.45) is -2.74. The van der Waals surface area contributed by atoms with Crippen LogP contribution in [0.4, 0.5) is 24.8 Å². The lowest BCUT2D eigenvalue weighted by atomic mass is 10.2. The third-order valence-corrected chi connectivity index (χ3v) is 3.27. The summed E-state index contributed by atoms with van der Waals surface area (Å²) in [5.41, 5.74) is 2.14. The zero-order valence-corrected chi connectivity index (χ0v) is 11.7. The first-order valence-electron chi connectivity index (χ1n) is 6.73. The van der Waals surface area contributed by atoms with E-state index in [4.69, 9.17) is 10.6 Å². The molecule has 1 aromatic rings. The Morgan fingerprint density at radius 1 is 1.48 bits per heavy atom. The lowest BCUT2D eigenvalue weighted by Crippen LogP contribution is -2.33. The summed E-state index contributed by atoms with van der Waals surface area (Å²) in [5.74, 6) is 4.09. The second-order valence-corrected chi connectivity index (χ2v) is 4.75. The highest BCUT2D eigenvalue weighted by atomic mass is 19.4. The number of aromatic nitrogens is 2. The minimum Gasteiger partial charge on any atom is -0.376 e. The van der Waals surface area contributed by atoms with Crippen LogP contribution in [0.15, 0.2) is 6.07 Å². The lowest BCUT2D eigenvalue weighted by Gasteiger charge is -2.25. The van der Waals surface area contributed by atoms with Crippen molar-refractivity contribution in [2.45, 2.75) is 32.0 Å². The van der Waals surface area contributed by atoms with E-state index in [1.165, 1.54) is 6.07 Å². The minimum absolute atomic E-state index is 0.0172. The Morgan fingerprint density at radius 2 is 2.24 bits per heavy atom. The monoisotopic (exact) mass is 305 g/mol. The quantitative estimate of drug-likeness (QED) is 0.638. The Labute approximate surface area is 120 Å². The predicted molar refractivity (Wildman–Crippen MR) is 71.7 cm³/mol. The molecule has 9 heteroatoms. The zero-order valence-electron chi connectivity index (χ0n) is 11.7. The van der Waals surface area contributed by atoms with Crippen LogP contribution in [0, 0.1) is 0 Å². The predicted octanol–water partition coefficient (Wildman–Crippen LogP) is 1.79. The molecule has 1 unspecified atom stereocenters. The van der Waals surface area contributed by atoms with Crippen LogP contribution in [0.25, 0.3) is 0 Å². The van der Waals surface area contributed by atoms with Crippen molar-refractivity contribution in [1.82, 2.24) is 9.97 Å². The van der Waals surface area contributed by atoms with Gasteiger partial charge in [-0.2, -0.15) is 13.2 Å². The normalized spacial score (nSPS) is 18.8. The van der Waals surface area contributed by atoms with Gasteiger partial charge in [0, 0.05) is 25.8 Å². The van der Waals surface area contributed by atoms with Crippen molar-refractivity contribution in [3.05, 3.63) is 11.9 Å². The van der Waals surface area contributed by atoms with Gasteiger partial charge in [-0.05, 0) is 19.8 Å². The van der Waals surface area contributed by atoms with Gasteiger partial charge < -0.3 is 15.1 Å². The maximum absolute atomic E-state index is 12.8. The van der Waals surface area contributed by atoms with Crippen molar-refractivity contribution in [2.24, 2.45) is 5.84 Å². The van der Waals surface area contributed by atoms with Crippen LogP contribution in [0.3, 0.4) is 0 Å². The molecule has 21 heavy (non-hydrogen) atoms. The third kappa shape index (κ3) is 3.94. The highest BCUT2D eigenvalue weighted by molar-refractivity contribution is 5.49. The van der Waals surface area contributed by atoms with Crippen LogP contribution < -0.4 is 16.2 Å². The molecule has 1 atom stereocenters. The van der Waals surface area contributed by atoms with Gasteiger partial charge in [0.05, 0.1) is 6.10 Å². The van der Waals surface area contributed by atoms with Crippen molar-refractivity contribution in [1.29, 1.82) is 0 Å². The first kappa shape index (κ1) is 15.8. The van der Waals surface area contributed by atoms with E-state index < -0.39 is 12.0 Å². The summed E-state index contributed by atoms with van der Waals surface area (Å²) >= 11 is 0. The van der Waals surface area contributed by atoms with E-state index in [1.54, 1.807) is 4.90 Å². The second-order valence-electron chi connectivity index (χ2n) is 4.75. The van der Waals surface area contributed by atoms with E-state index in [9.17, 15) is 13.2 Å². The maximum atomic E-state index is 12.8. The van der Waals surface area contributed by atoms with Gasteiger partial charge in [-0.3, -0.25) is 0 Å². The number of rotatable bonds is 5. The highest BCUT2D eigenvalue weighted by Crippen LogP contribution is 2.29. The topological polar surface area (TPSA) is 76.3 Å². The number of alkyl halides is 3. The van der Waals surface area contributed by atoms with E-state index in [-0.39, 0.29) is 17.7 Å². The summed E-state index contributed by atoms with van der Waals surface area (Å²) in [5, 5.41) is 0. The number of hydrogen-bond acceptors (Lipinski definition) is 6. The van der Waals surface area contributed by atoms with Crippen molar-refractivity contribution in [2.75, 3.05) is 30.0 Å². The molecule has 0 bridgehead atoms. The summed E-state index contributed by atoms with van der Waals surface area (Å²) in [6, 6.07) is 1.40. The minimum atomic E-state index is -4.62. The third-order valence-electron chi connectivity index (χ3n) is 3.27. The van der Waals surface area contributed by atoms with Crippen LogP contribution in [0.2, 0.25) is 0 Å². The highest BCUT2D eigenvalue weighted by Gasteiger charge is 2.36. The molecule has 0 saturated carbocycles. The standard InChI is InChI=1S/C12H18F3N5O/c1-2-20(7-8-4-3-5-21-8)10-6-9(19-16)17-11(18-10)12(13,14)15/h6,8H,2-5,7,16H2,1H3,(H,17,18,19). The van der Waals surface area contributed by atoms with E-state index in [0.29, 0.717) is 19.7 Å². The molecule has 0 spiro atoms. The van der Waals surface area contributed by atoms with Crippen LogP contribution in [0.1, 0.15) is 25.6 Å². The average Bonchev–Trinajstić information content (AvgIpc) is 2.96. The number of nitrogens with two attached hydrogens (primary N) is 1. The number of anilines is 2. The number of nitrogens with one attached hydrogen (secondary N) is 1. The van der Waals surface area contributed by atoms with Gasteiger partial charge in [-0.15, -0.1) is 0 Å². The molecule has 1 aliphatic heterocycles. The Morgan fingerprint density at radius 3 is 2.76 bits per heavy atom. The zero-order chi connectivity index (χ0) is 15.5. The van der Waals surface area contributed by atoms with Gasteiger partial charge in [0.15, 0.2) is 0 Å². The summed E-state index contributed by atoms with van der Waals surface area (Å²) in [4.78, 5) is 8.68. The number of nitrogens with zero attached hydrogens (tertiary/aromatic N) is 3. The molecule has 1 aromatic heterocycles. The molecular formula is C12H18F3N5O. The molecule has 1 saturated heterocycles. The molecule has 6 nitrogen and oxygen atoms in total. The summed E-state index contributed by atoms with van der Waals surface area (Å²) in [7, 11) is 0. The van der Waals surface area contributed by atoms with Gasteiger partial charge in [-0.25, -0.2) is 15.8 Å². The Bertz CT molecular complexity index is 476. The van der Waals surface area contributed by atoms with Gasteiger partial charge in [0.25, 0.3) is 0 Å². The number of halogens is 3. The molecule has 118 valence electrons.